The summed E-state index contributed by atoms with van der Waals surface area (Å²) in [5.41, 5.74) is 2.00. The van der Waals surface area contributed by atoms with Gasteiger partial charge in [-0.05, 0) is 18.4 Å². The Kier molecular flexibility index (Phi) is 3.88. The number of oxazole rings is 1. The first-order valence-electron chi connectivity index (χ1n) is 7.75. The Morgan fingerprint density at radius 1 is 1.52 bits per heavy atom. The molecule has 0 bridgehead atoms. The zero-order valence-electron chi connectivity index (χ0n) is 13.0. The Balaban J connectivity index is 1.29. The molecule has 0 aromatic carbocycles. The van der Waals surface area contributed by atoms with Gasteiger partial charge in [-0.2, -0.15) is 5.10 Å². The van der Waals surface area contributed by atoms with Crippen molar-refractivity contribution in [2.24, 2.45) is 5.92 Å². The highest BCUT2D eigenvalue weighted by Gasteiger charge is 2.19. The molecule has 0 saturated heterocycles. The second-order valence-corrected chi connectivity index (χ2v) is 6.80. The van der Waals surface area contributed by atoms with E-state index in [1.807, 2.05) is 24.4 Å². The molecule has 0 aliphatic carbocycles. The van der Waals surface area contributed by atoms with Crippen molar-refractivity contribution in [1.29, 1.82) is 0 Å². The summed E-state index contributed by atoms with van der Waals surface area (Å²) in [5, 5.41) is 13.4. The molecule has 4 heterocycles. The second-order valence-electron chi connectivity index (χ2n) is 5.85. The predicted molar refractivity (Wildman–Crippen MR) is 90.5 cm³/mol. The summed E-state index contributed by atoms with van der Waals surface area (Å²) in [7, 11) is 0. The Labute approximate surface area is 138 Å². The van der Waals surface area contributed by atoms with Gasteiger partial charge in [-0.15, -0.1) is 11.3 Å². The number of nitrogens with zero attached hydrogens (tertiary/aromatic N) is 3. The molecule has 1 atom stereocenters. The number of aryl methyl sites for hydroxylation is 1. The van der Waals surface area contributed by atoms with E-state index in [2.05, 4.69) is 31.5 Å². The lowest BCUT2D eigenvalue weighted by Gasteiger charge is -2.24. The molecule has 0 amide bonds. The molecule has 1 aliphatic heterocycles. The first-order valence-corrected chi connectivity index (χ1v) is 8.63. The minimum absolute atomic E-state index is 0.519. The van der Waals surface area contributed by atoms with E-state index < -0.39 is 0 Å². The monoisotopic (exact) mass is 329 g/mol. The Hall–Kier alpha value is -2.12. The van der Waals surface area contributed by atoms with Crippen LogP contribution in [0.2, 0.25) is 0 Å². The van der Waals surface area contributed by atoms with Gasteiger partial charge < -0.3 is 15.1 Å². The standard InChI is InChI=1S/C16H19N5OS/c1-11-5-15-18-7-12(9-21(15)20-11)6-17-8-13-10-22-16(19-13)14-3-2-4-23-14/h2-5,10,12,17-18H,6-9H2,1H3. The van der Waals surface area contributed by atoms with Gasteiger partial charge >= 0.3 is 0 Å². The van der Waals surface area contributed by atoms with Crippen molar-refractivity contribution in [1.82, 2.24) is 20.1 Å². The molecule has 23 heavy (non-hydrogen) atoms. The van der Waals surface area contributed by atoms with E-state index in [9.17, 15) is 0 Å². The van der Waals surface area contributed by atoms with Crippen LogP contribution in [0.1, 0.15) is 11.4 Å². The second kappa shape index (κ2) is 6.17. The minimum Gasteiger partial charge on any atom is -0.444 e. The van der Waals surface area contributed by atoms with E-state index in [4.69, 9.17) is 4.42 Å². The lowest BCUT2D eigenvalue weighted by atomic mass is 10.1. The summed E-state index contributed by atoms with van der Waals surface area (Å²) in [6, 6.07) is 6.11. The van der Waals surface area contributed by atoms with E-state index >= 15 is 0 Å². The van der Waals surface area contributed by atoms with Crippen LogP contribution in [-0.2, 0) is 13.1 Å². The number of anilines is 1. The quantitative estimate of drug-likeness (QED) is 0.753. The zero-order valence-corrected chi connectivity index (χ0v) is 13.8. The number of fused-ring (bicyclic) bond motifs is 1. The third-order valence-corrected chi connectivity index (χ3v) is 4.79. The smallest absolute Gasteiger partial charge is 0.236 e. The zero-order chi connectivity index (χ0) is 15.6. The maximum Gasteiger partial charge on any atom is 0.236 e. The molecule has 1 unspecified atom stereocenters. The van der Waals surface area contributed by atoms with Crippen LogP contribution in [-0.4, -0.2) is 27.9 Å². The van der Waals surface area contributed by atoms with Crippen LogP contribution in [0.4, 0.5) is 5.82 Å². The number of nitrogens with one attached hydrogen (secondary N) is 2. The SMILES string of the molecule is Cc1cc2n(n1)CC(CNCc1coc(-c3cccs3)n1)CN2. The molecule has 6 nitrogen and oxygen atoms in total. The highest BCUT2D eigenvalue weighted by molar-refractivity contribution is 7.13. The summed E-state index contributed by atoms with van der Waals surface area (Å²) in [4.78, 5) is 5.59. The van der Waals surface area contributed by atoms with Crippen LogP contribution in [0.3, 0.4) is 0 Å². The largest absolute Gasteiger partial charge is 0.444 e. The van der Waals surface area contributed by atoms with Crippen LogP contribution < -0.4 is 10.6 Å². The lowest BCUT2D eigenvalue weighted by molar-refractivity contribution is 0.390. The summed E-state index contributed by atoms with van der Waals surface area (Å²) in [5.74, 6) is 2.34. The van der Waals surface area contributed by atoms with Crippen molar-refractivity contribution in [3.05, 3.63) is 41.2 Å². The van der Waals surface area contributed by atoms with Crippen LogP contribution in [0.15, 0.2) is 34.3 Å². The molecule has 0 saturated carbocycles. The summed E-state index contributed by atoms with van der Waals surface area (Å²) >= 11 is 1.64. The van der Waals surface area contributed by atoms with Gasteiger partial charge in [0.1, 0.15) is 12.1 Å². The molecule has 120 valence electrons. The van der Waals surface area contributed by atoms with Crippen molar-refractivity contribution in [2.45, 2.75) is 20.0 Å². The van der Waals surface area contributed by atoms with Crippen molar-refractivity contribution in [3.8, 4) is 10.8 Å². The fourth-order valence-corrected chi connectivity index (χ4v) is 3.48. The van der Waals surface area contributed by atoms with Crippen LogP contribution in [0, 0.1) is 12.8 Å². The van der Waals surface area contributed by atoms with Crippen LogP contribution in [0.25, 0.3) is 10.8 Å². The first kappa shape index (κ1) is 14.5. The maximum absolute atomic E-state index is 5.53. The number of hydrogen-bond donors (Lipinski definition) is 2. The van der Waals surface area contributed by atoms with Gasteiger partial charge in [0.2, 0.25) is 5.89 Å². The third-order valence-electron chi connectivity index (χ3n) is 3.93. The number of aromatic nitrogens is 3. The third kappa shape index (κ3) is 3.16. The first-order chi connectivity index (χ1) is 11.3. The van der Waals surface area contributed by atoms with Gasteiger partial charge in [-0.3, -0.25) is 0 Å². The van der Waals surface area contributed by atoms with E-state index in [1.54, 1.807) is 17.6 Å². The van der Waals surface area contributed by atoms with Crippen molar-refractivity contribution < 1.29 is 4.42 Å². The summed E-state index contributed by atoms with van der Waals surface area (Å²) in [6.45, 7) is 5.58. The molecule has 3 aromatic rings. The van der Waals surface area contributed by atoms with Gasteiger partial charge in [0.15, 0.2) is 0 Å². The molecule has 7 heteroatoms. The van der Waals surface area contributed by atoms with E-state index in [1.165, 1.54) is 0 Å². The van der Waals surface area contributed by atoms with E-state index in [0.29, 0.717) is 11.8 Å². The van der Waals surface area contributed by atoms with Gasteiger partial charge in [0.25, 0.3) is 0 Å². The molecule has 3 aromatic heterocycles. The van der Waals surface area contributed by atoms with Crippen molar-refractivity contribution in [3.63, 3.8) is 0 Å². The molecule has 0 radical (unpaired) electrons. The number of hydrogen-bond acceptors (Lipinski definition) is 6. The van der Waals surface area contributed by atoms with Gasteiger partial charge in [-0.25, -0.2) is 9.67 Å². The molecular weight excluding hydrogens is 310 g/mol. The maximum atomic E-state index is 5.53. The molecule has 0 spiro atoms. The average Bonchev–Trinajstić information content (AvgIpc) is 3.26. The highest BCUT2D eigenvalue weighted by atomic mass is 32.1. The molecule has 2 N–H and O–H groups in total. The van der Waals surface area contributed by atoms with E-state index in [0.717, 1.165) is 48.3 Å². The van der Waals surface area contributed by atoms with E-state index in [-0.39, 0.29) is 0 Å². The molecular formula is C16H19N5OS. The average molecular weight is 329 g/mol. The van der Waals surface area contributed by atoms with Crippen LogP contribution >= 0.6 is 11.3 Å². The van der Waals surface area contributed by atoms with Gasteiger partial charge in [0, 0.05) is 38.2 Å². The fraction of sp³-hybridized carbons (Fsp3) is 0.375. The van der Waals surface area contributed by atoms with Gasteiger partial charge in [0.05, 0.1) is 16.3 Å². The predicted octanol–water partition coefficient (Wildman–Crippen LogP) is 2.74. The lowest BCUT2D eigenvalue weighted by Crippen LogP contribution is -2.35. The normalized spacial score (nSPS) is 17.0. The fourth-order valence-electron chi connectivity index (χ4n) is 2.83. The number of rotatable bonds is 5. The van der Waals surface area contributed by atoms with Crippen molar-refractivity contribution >= 4 is 17.2 Å². The number of thiophene rings is 1. The molecule has 0 fully saturated rings. The molecule has 1 aliphatic rings. The highest BCUT2D eigenvalue weighted by Crippen LogP contribution is 2.23. The van der Waals surface area contributed by atoms with Gasteiger partial charge in [-0.1, -0.05) is 6.07 Å². The van der Waals surface area contributed by atoms with Crippen LogP contribution in [0.5, 0.6) is 0 Å². The summed E-state index contributed by atoms with van der Waals surface area (Å²) < 4.78 is 7.59. The molecule has 4 rings (SSSR count). The Bertz CT molecular complexity index is 776. The summed E-state index contributed by atoms with van der Waals surface area (Å²) in [6.07, 6.45) is 1.73. The van der Waals surface area contributed by atoms with Crippen molar-refractivity contribution in [2.75, 3.05) is 18.4 Å². The topological polar surface area (TPSA) is 67.9 Å². The Morgan fingerprint density at radius 3 is 3.35 bits per heavy atom. The Morgan fingerprint density at radius 2 is 2.48 bits per heavy atom. The minimum atomic E-state index is 0.519.